The highest BCUT2D eigenvalue weighted by Gasteiger charge is 2.10. The van der Waals surface area contributed by atoms with Crippen molar-refractivity contribution >= 4 is 33.8 Å². The van der Waals surface area contributed by atoms with Crippen molar-refractivity contribution < 1.29 is 4.79 Å². The summed E-state index contributed by atoms with van der Waals surface area (Å²) >= 11 is 1.39. The number of aromatic nitrogens is 1. The van der Waals surface area contributed by atoms with Crippen LogP contribution in [0.1, 0.15) is 35.0 Å². The van der Waals surface area contributed by atoms with Gasteiger partial charge in [-0.15, -0.1) is 11.3 Å². The molecule has 1 amide bonds. The van der Waals surface area contributed by atoms with Gasteiger partial charge in [-0.25, -0.2) is 0 Å². The molecule has 4 nitrogen and oxygen atoms in total. The number of nitrogens with one attached hydrogen (secondary N) is 2. The molecule has 112 valence electrons. The molecule has 0 aliphatic carbocycles. The van der Waals surface area contributed by atoms with Gasteiger partial charge in [0, 0.05) is 17.1 Å². The van der Waals surface area contributed by atoms with Gasteiger partial charge in [0.15, 0.2) is 0 Å². The highest BCUT2D eigenvalue weighted by Crippen LogP contribution is 2.25. The van der Waals surface area contributed by atoms with Crippen molar-refractivity contribution in [1.29, 1.82) is 0 Å². The van der Waals surface area contributed by atoms with Gasteiger partial charge in [-0.1, -0.05) is 26.0 Å². The third-order valence-electron chi connectivity index (χ3n) is 3.50. The first-order valence-electron chi connectivity index (χ1n) is 7.06. The maximum Gasteiger partial charge on any atom is 0.265 e. The first kappa shape index (κ1) is 14.5. The number of benzene rings is 1. The molecule has 2 heterocycles. The molecule has 22 heavy (non-hydrogen) atoms. The van der Waals surface area contributed by atoms with Crippen molar-refractivity contribution in [3.8, 4) is 0 Å². The second kappa shape index (κ2) is 5.77. The first-order valence-corrected chi connectivity index (χ1v) is 7.94. The van der Waals surface area contributed by atoms with Gasteiger partial charge < -0.3 is 10.3 Å². The molecule has 0 atom stereocenters. The standard InChI is InChI=1S/C17H16N2O2S/c1-10(2)13-9-16(20)19-14-8-11(5-6-12(13)14)18-17(21)15-4-3-7-22-15/h3-10H,1-2H3,(H,18,21)(H,19,20). The van der Waals surface area contributed by atoms with E-state index in [0.717, 1.165) is 16.5 Å². The van der Waals surface area contributed by atoms with Gasteiger partial charge in [0.25, 0.3) is 5.91 Å². The summed E-state index contributed by atoms with van der Waals surface area (Å²) < 4.78 is 0. The summed E-state index contributed by atoms with van der Waals surface area (Å²) in [5, 5.41) is 5.72. The van der Waals surface area contributed by atoms with E-state index in [1.54, 1.807) is 18.2 Å². The van der Waals surface area contributed by atoms with Crippen LogP contribution in [-0.2, 0) is 0 Å². The van der Waals surface area contributed by atoms with E-state index < -0.39 is 0 Å². The van der Waals surface area contributed by atoms with Gasteiger partial charge in [0.05, 0.1) is 10.4 Å². The summed E-state index contributed by atoms with van der Waals surface area (Å²) in [7, 11) is 0. The minimum Gasteiger partial charge on any atom is -0.322 e. The van der Waals surface area contributed by atoms with Gasteiger partial charge in [0.2, 0.25) is 5.56 Å². The molecule has 0 saturated heterocycles. The number of pyridine rings is 1. The lowest BCUT2D eigenvalue weighted by molar-refractivity contribution is 0.103. The molecule has 0 saturated carbocycles. The Morgan fingerprint density at radius 1 is 1.23 bits per heavy atom. The van der Waals surface area contributed by atoms with Crippen LogP contribution in [0.25, 0.3) is 10.9 Å². The third kappa shape index (κ3) is 2.80. The molecule has 0 unspecified atom stereocenters. The van der Waals surface area contributed by atoms with Crippen molar-refractivity contribution in [2.75, 3.05) is 5.32 Å². The molecular weight excluding hydrogens is 296 g/mol. The first-order chi connectivity index (χ1) is 10.5. The molecule has 2 N–H and O–H groups in total. The average molecular weight is 312 g/mol. The number of carbonyl (C=O) groups is 1. The predicted molar refractivity (Wildman–Crippen MR) is 90.9 cm³/mol. The quantitative estimate of drug-likeness (QED) is 0.769. The van der Waals surface area contributed by atoms with Gasteiger partial charge in [-0.05, 0) is 35.1 Å². The van der Waals surface area contributed by atoms with Crippen LogP contribution in [0.2, 0.25) is 0 Å². The Morgan fingerprint density at radius 2 is 2.05 bits per heavy atom. The molecule has 0 spiro atoms. The average Bonchev–Trinajstić information content (AvgIpc) is 3.00. The van der Waals surface area contributed by atoms with E-state index in [4.69, 9.17) is 0 Å². The number of fused-ring (bicyclic) bond motifs is 1. The van der Waals surface area contributed by atoms with E-state index in [9.17, 15) is 9.59 Å². The number of hydrogen-bond donors (Lipinski definition) is 2. The molecule has 3 rings (SSSR count). The Morgan fingerprint density at radius 3 is 2.73 bits per heavy atom. The highest BCUT2D eigenvalue weighted by atomic mass is 32.1. The van der Waals surface area contributed by atoms with Crippen LogP contribution in [-0.4, -0.2) is 10.9 Å². The van der Waals surface area contributed by atoms with Gasteiger partial charge in [0.1, 0.15) is 0 Å². The maximum atomic E-state index is 12.1. The van der Waals surface area contributed by atoms with E-state index in [2.05, 4.69) is 24.1 Å². The Kier molecular flexibility index (Phi) is 3.81. The van der Waals surface area contributed by atoms with Crippen LogP contribution in [0.4, 0.5) is 5.69 Å². The molecule has 3 aromatic rings. The van der Waals surface area contributed by atoms with Crippen LogP contribution in [0, 0.1) is 0 Å². The van der Waals surface area contributed by atoms with E-state index >= 15 is 0 Å². The zero-order valence-electron chi connectivity index (χ0n) is 12.3. The Bertz CT molecular complexity index is 879. The Hall–Kier alpha value is -2.40. The summed E-state index contributed by atoms with van der Waals surface area (Å²) in [6.07, 6.45) is 0. The third-order valence-corrected chi connectivity index (χ3v) is 4.37. The molecule has 0 fully saturated rings. The Balaban J connectivity index is 2.00. The fourth-order valence-corrected chi connectivity index (χ4v) is 3.06. The second-order valence-corrected chi connectivity index (χ2v) is 6.38. The molecule has 5 heteroatoms. The van der Waals surface area contributed by atoms with E-state index in [-0.39, 0.29) is 17.4 Å². The van der Waals surface area contributed by atoms with Crippen LogP contribution in [0.5, 0.6) is 0 Å². The van der Waals surface area contributed by atoms with Crippen molar-refractivity contribution in [1.82, 2.24) is 4.98 Å². The number of aromatic amines is 1. The second-order valence-electron chi connectivity index (χ2n) is 5.44. The molecule has 1 aromatic carbocycles. The lowest BCUT2D eigenvalue weighted by Crippen LogP contribution is -2.11. The summed E-state index contributed by atoms with van der Waals surface area (Å²) in [6.45, 7) is 4.11. The van der Waals surface area contributed by atoms with Crippen LogP contribution < -0.4 is 10.9 Å². The fourth-order valence-electron chi connectivity index (χ4n) is 2.44. The van der Waals surface area contributed by atoms with E-state index in [0.29, 0.717) is 10.6 Å². The lowest BCUT2D eigenvalue weighted by atomic mass is 9.99. The SMILES string of the molecule is CC(C)c1cc(=O)[nH]c2cc(NC(=O)c3cccs3)ccc12. The maximum absolute atomic E-state index is 12.1. The number of carbonyl (C=O) groups excluding carboxylic acids is 1. The zero-order valence-corrected chi connectivity index (χ0v) is 13.2. The van der Waals surface area contributed by atoms with Crippen molar-refractivity contribution in [2.45, 2.75) is 19.8 Å². The highest BCUT2D eigenvalue weighted by molar-refractivity contribution is 7.12. The van der Waals surface area contributed by atoms with Gasteiger partial charge in [-0.2, -0.15) is 0 Å². The molecule has 0 aliphatic rings. The van der Waals surface area contributed by atoms with Crippen molar-refractivity contribution in [3.05, 3.63) is 62.6 Å². The number of amides is 1. The van der Waals surface area contributed by atoms with Crippen molar-refractivity contribution in [2.24, 2.45) is 0 Å². The minimum absolute atomic E-state index is 0.127. The summed E-state index contributed by atoms with van der Waals surface area (Å²) in [4.78, 5) is 27.4. The van der Waals surface area contributed by atoms with Crippen LogP contribution >= 0.6 is 11.3 Å². The monoisotopic (exact) mass is 312 g/mol. The van der Waals surface area contributed by atoms with Gasteiger partial charge in [-0.3, -0.25) is 9.59 Å². The molecule has 0 bridgehead atoms. The number of hydrogen-bond acceptors (Lipinski definition) is 3. The van der Waals surface area contributed by atoms with Crippen molar-refractivity contribution in [3.63, 3.8) is 0 Å². The summed E-state index contributed by atoms with van der Waals surface area (Å²) in [5.74, 6) is 0.119. The molecule has 2 aromatic heterocycles. The fraction of sp³-hybridized carbons (Fsp3) is 0.176. The molecule has 0 aliphatic heterocycles. The van der Waals surface area contributed by atoms with E-state index in [1.807, 2.05) is 23.6 Å². The summed E-state index contributed by atoms with van der Waals surface area (Å²) in [5.41, 5.74) is 2.29. The summed E-state index contributed by atoms with van der Waals surface area (Å²) in [6, 6.07) is 10.8. The lowest BCUT2D eigenvalue weighted by Gasteiger charge is -2.11. The normalized spacial score (nSPS) is 11.0. The number of anilines is 1. The van der Waals surface area contributed by atoms with Gasteiger partial charge >= 0.3 is 0 Å². The predicted octanol–water partition coefficient (Wildman–Crippen LogP) is 3.97. The Labute approximate surface area is 131 Å². The number of H-pyrrole nitrogens is 1. The molecular formula is C17H16N2O2S. The number of thiophene rings is 1. The number of rotatable bonds is 3. The largest absolute Gasteiger partial charge is 0.322 e. The minimum atomic E-state index is -0.142. The topological polar surface area (TPSA) is 62.0 Å². The van der Waals surface area contributed by atoms with Crippen LogP contribution in [0.3, 0.4) is 0 Å². The van der Waals surface area contributed by atoms with E-state index in [1.165, 1.54) is 11.3 Å². The zero-order chi connectivity index (χ0) is 15.7. The molecule has 0 radical (unpaired) electrons. The smallest absolute Gasteiger partial charge is 0.265 e. The van der Waals surface area contributed by atoms with Crippen LogP contribution in [0.15, 0.2) is 46.6 Å².